The first-order valence-corrected chi connectivity index (χ1v) is 4.48. The lowest BCUT2D eigenvalue weighted by atomic mass is 10.5. The Bertz CT molecular complexity index is 87.8. The minimum Gasteiger partial charge on any atom is -0.481 e. The van der Waals surface area contributed by atoms with Gasteiger partial charge in [-0.3, -0.25) is 4.79 Å². The first-order valence-electron chi connectivity index (χ1n) is 4.48. The molecule has 0 fully saturated rings. The lowest BCUT2D eigenvalue weighted by molar-refractivity contribution is -0.136. The summed E-state index contributed by atoms with van der Waals surface area (Å²) in [7, 11) is 0. The van der Waals surface area contributed by atoms with Gasteiger partial charge in [0.15, 0.2) is 0 Å². The Hall–Kier alpha value is -0.570. The molecule has 0 saturated heterocycles. The molecule has 0 amide bonds. The molecule has 0 aliphatic carbocycles. The minimum atomic E-state index is -0.745. The first kappa shape index (κ1) is 14.0. The second kappa shape index (κ2) is 13.1. The van der Waals surface area contributed by atoms with Crippen molar-refractivity contribution in [1.82, 2.24) is 0 Å². The van der Waals surface area contributed by atoms with Crippen LogP contribution in [0.2, 0.25) is 0 Å². The second-order valence-corrected chi connectivity index (χ2v) is 2.36. The summed E-state index contributed by atoms with van der Waals surface area (Å²) >= 11 is 0. The van der Waals surface area contributed by atoms with Crippen LogP contribution >= 0.6 is 0 Å². The lowest BCUT2D eigenvalue weighted by Crippen LogP contribution is -1.92. The summed E-state index contributed by atoms with van der Waals surface area (Å²) in [4.78, 5) is 9.37. The normalized spacial score (nSPS) is 8.58. The molecule has 1 N–H and O–H groups in total. The van der Waals surface area contributed by atoms with Crippen LogP contribution in [0, 0.1) is 0 Å². The van der Waals surface area contributed by atoms with E-state index in [9.17, 15) is 4.79 Å². The van der Waals surface area contributed by atoms with Gasteiger partial charge in [0.25, 0.3) is 0 Å². The summed E-state index contributed by atoms with van der Waals surface area (Å²) in [5, 5.41) is 7.72. The van der Waals surface area contributed by atoms with E-state index >= 15 is 0 Å². The van der Waals surface area contributed by atoms with Gasteiger partial charge in [-0.15, -0.1) is 0 Å². The van der Waals surface area contributed by atoms with E-state index in [1.54, 1.807) is 6.92 Å². The van der Waals surface area contributed by atoms with Gasteiger partial charge in [0.05, 0.1) is 0 Å². The molecule has 0 radical (unpaired) electrons. The molecular formula is C9H20O3. The smallest absolute Gasteiger partial charge is 0.303 e. The number of hydrogen-bond acceptors (Lipinski definition) is 2. The van der Waals surface area contributed by atoms with Crippen LogP contribution in [0.15, 0.2) is 0 Å². The molecule has 0 aliphatic heterocycles. The van der Waals surface area contributed by atoms with Crippen molar-refractivity contribution in [2.24, 2.45) is 0 Å². The number of hydrogen-bond donors (Lipinski definition) is 1. The lowest BCUT2D eigenvalue weighted by Gasteiger charge is -1.95. The maximum absolute atomic E-state index is 9.37. The van der Waals surface area contributed by atoms with Crippen LogP contribution < -0.4 is 0 Å². The molecule has 0 atom stereocenters. The van der Waals surface area contributed by atoms with Crippen molar-refractivity contribution in [2.45, 2.75) is 40.0 Å². The van der Waals surface area contributed by atoms with Crippen LogP contribution in [0.4, 0.5) is 0 Å². The molecule has 3 nitrogen and oxygen atoms in total. The van der Waals surface area contributed by atoms with Crippen LogP contribution in [0.5, 0.6) is 0 Å². The van der Waals surface area contributed by atoms with Crippen molar-refractivity contribution in [2.75, 3.05) is 13.2 Å². The molecule has 0 heterocycles. The number of carboxylic acid groups (broad SMARTS) is 1. The molecular weight excluding hydrogens is 156 g/mol. The molecule has 12 heavy (non-hydrogen) atoms. The highest BCUT2D eigenvalue weighted by molar-refractivity contribution is 5.66. The zero-order chi connectivity index (χ0) is 9.82. The van der Waals surface area contributed by atoms with Crippen molar-refractivity contribution < 1.29 is 14.6 Å². The van der Waals surface area contributed by atoms with Crippen molar-refractivity contribution in [3.63, 3.8) is 0 Å². The second-order valence-electron chi connectivity index (χ2n) is 2.36. The van der Waals surface area contributed by atoms with Gasteiger partial charge in [-0.25, -0.2) is 0 Å². The fourth-order valence-electron chi connectivity index (χ4n) is 0.391. The fraction of sp³-hybridized carbons (Fsp3) is 0.889. The molecule has 0 rings (SSSR count). The number of rotatable bonds is 5. The predicted molar refractivity (Wildman–Crippen MR) is 49.3 cm³/mol. The Kier molecular flexibility index (Phi) is 15.2. The summed E-state index contributed by atoms with van der Waals surface area (Å²) in [6.07, 6.45) is 2.50. The van der Waals surface area contributed by atoms with E-state index in [0.29, 0.717) is 0 Å². The molecule has 74 valence electrons. The maximum atomic E-state index is 9.37. The zero-order valence-corrected chi connectivity index (χ0v) is 8.30. The third kappa shape index (κ3) is 22.7. The topological polar surface area (TPSA) is 46.5 Å². The molecule has 0 unspecified atom stereocenters. The molecule has 3 heteroatoms. The summed E-state index contributed by atoms with van der Waals surface area (Å²) < 4.78 is 5.13. The molecule has 0 aromatic carbocycles. The average Bonchev–Trinajstić information content (AvgIpc) is 2.07. The quantitative estimate of drug-likeness (QED) is 0.654. The largest absolute Gasteiger partial charge is 0.481 e. The van der Waals surface area contributed by atoms with Crippen LogP contribution in [-0.4, -0.2) is 24.3 Å². The van der Waals surface area contributed by atoms with Gasteiger partial charge in [0.2, 0.25) is 0 Å². The van der Waals surface area contributed by atoms with E-state index in [2.05, 4.69) is 13.8 Å². The highest BCUT2D eigenvalue weighted by atomic mass is 16.5. The van der Waals surface area contributed by atoms with E-state index in [4.69, 9.17) is 9.84 Å². The summed E-state index contributed by atoms with van der Waals surface area (Å²) in [5.74, 6) is -0.745. The standard InChI is InChI=1S/C6H14O.C3H6O2/c1-3-5-7-6-4-2;1-2-3(4)5/h3-6H2,1-2H3;2H2,1H3,(H,4,5). The van der Waals surface area contributed by atoms with Crippen molar-refractivity contribution >= 4 is 5.97 Å². The number of aliphatic carboxylic acids is 1. The third-order valence-corrected chi connectivity index (χ3v) is 0.999. The molecule has 0 bridgehead atoms. The third-order valence-electron chi connectivity index (χ3n) is 0.999. The highest BCUT2D eigenvalue weighted by Crippen LogP contribution is 1.81. The summed E-state index contributed by atoms with van der Waals surface area (Å²) in [6.45, 7) is 7.69. The average molecular weight is 176 g/mol. The van der Waals surface area contributed by atoms with E-state index in [1.807, 2.05) is 0 Å². The van der Waals surface area contributed by atoms with E-state index in [1.165, 1.54) is 0 Å². The van der Waals surface area contributed by atoms with Gasteiger partial charge in [-0.1, -0.05) is 20.8 Å². The van der Waals surface area contributed by atoms with Crippen molar-refractivity contribution in [3.05, 3.63) is 0 Å². The Morgan fingerprint density at radius 2 is 1.50 bits per heavy atom. The van der Waals surface area contributed by atoms with Crippen LogP contribution in [0.3, 0.4) is 0 Å². The molecule has 0 spiro atoms. The Morgan fingerprint density at radius 3 is 1.67 bits per heavy atom. The summed E-state index contributed by atoms with van der Waals surface area (Å²) in [5.41, 5.74) is 0. The first-order chi connectivity index (χ1) is 5.68. The molecule has 0 aromatic rings. The Labute approximate surface area is 74.7 Å². The highest BCUT2D eigenvalue weighted by Gasteiger charge is 1.80. The van der Waals surface area contributed by atoms with Crippen molar-refractivity contribution in [3.8, 4) is 0 Å². The monoisotopic (exact) mass is 176 g/mol. The van der Waals surface area contributed by atoms with E-state index in [-0.39, 0.29) is 6.42 Å². The van der Waals surface area contributed by atoms with Crippen LogP contribution in [-0.2, 0) is 9.53 Å². The molecule has 0 saturated carbocycles. The van der Waals surface area contributed by atoms with E-state index in [0.717, 1.165) is 26.1 Å². The van der Waals surface area contributed by atoms with Crippen LogP contribution in [0.1, 0.15) is 40.0 Å². The number of carboxylic acids is 1. The van der Waals surface area contributed by atoms with E-state index < -0.39 is 5.97 Å². The fourth-order valence-corrected chi connectivity index (χ4v) is 0.391. The SMILES string of the molecule is CCC(=O)O.CCCOCCC. The Morgan fingerprint density at radius 1 is 1.17 bits per heavy atom. The molecule has 0 aliphatic rings. The van der Waals surface area contributed by atoms with Crippen LogP contribution in [0.25, 0.3) is 0 Å². The summed E-state index contributed by atoms with van der Waals surface area (Å²) in [6, 6.07) is 0. The van der Waals surface area contributed by atoms with Gasteiger partial charge >= 0.3 is 5.97 Å². The number of ether oxygens (including phenoxy) is 1. The van der Waals surface area contributed by atoms with Crippen molar-refractivity contribution in [1.29, 1.82) is 0 Å². The van der Waals surface area contributed by atoms with Gasteiger partial charge < -0.3 is 9.84 Å². The minimum absolute atomic E-state index is 0.222. The maximum Gasteiger partial charge on any atom is 0.303 e. The van der Waals surface area contributed by atoms with Gasteiger partial charge in [0, 0.05) is 19.6 Å². The Balaban J connectivity index is 0. The predicted octanol–water partition coefficient (Wildman–Crippen LogP) is 2.30. The van der Waals surface area contributed by atoms with Gasteiger partial charge in [-0.2, -0.15) is 0 Å². The number of carbonyl (C=O) groups is 1. The zero-order valence-electron chi connectivity index (χ0n) is 8.30. The van der Waals surface area contributed by atoms with Gasteiger partial charge in [-0.05, 0) is 12.8 Å². The molecule has 0 aromatic heterocycles. The van der Waals surface area contributed by atoms with Gasteiger partial charge in [0.1, 0.15) is 0 Å².